The molecule has 2 heterocycles. The monoisotopic (exact) mass is 465 g/mol. The van der Waals surface area contributed by atoms with Crippen molar-refractivity contribution in [1.82, 2.24) is 15.4 Å². The molecule has 7 nitrogen and oxygen atoms in total. The molecule has 4 aromatic rings. The first-order valence-corrected chi connectivity index (χ1v) is 10.2. The van der Waals surface area contributed by atoms with Crippen molar-refractivity contribution in [3.05, 3.63) is 78.0 Å². The van der Waals surface area contributed by atoms with E-state index in [0.717, 1.165) is 29.5 Å². The number of amides is 1. The lowest BCUT2D eigenvalue weighted by Gasteiger charge is -2.11. The molecule has 4 rings (SSSR count). The smallest absolute Gasteiger partial charge is 0.275 e. The summed E-state index contributed by atoms with van der Waals surface area (Å²) in [5, 5.41) is 18.6. The molecule has 0 radical (unpaired) electrons. The van der Waals surface area contributed by atoms with Gasteiger partial charge < -0.3 is 9.84 Å². The van der Waals surface area contributed by atoms with Gasteiger partial charge in [-0.25, -0.2) is 15.4 Å². The Morgan fingerprint density at radius 1 is 1.00 bits per heavy atom. The average Bonchev–Trinajstić information content (AvgIpc) is 2.86. The third-order valence-electron chi connectivity index (χ3n) is 5.32. The Morgan fingerprint density at radius 3 is 2.24 bits per heavy atom. The lowest BCUT2D eigenvalue weighted by molar-refractivity contribution is 0.0708. The Labute approximate surface area is 197 Å². The second-order valence-electron chi connectivity index (χ2n) is 7.31. The van der Waals surface area contributed by atoms with Crippen LogP contribution in [0.3, 0.4) is 0 Å². The first-order valence-electron chi connectivity index (χ1n) is 10.2. The van der Waals surface area contributed by atoms with Gasteiger partial charge in [0.05, 0.1) is 29.3 Å². The number of carbonyl (C=O) groups is 1. The molecule has 33 heavy (non-hydrogen) atoms. The van der Waals surface area contributed by atoms with Crippen LogP contribution >= 0.6 is 12.4 Å². The second kappa shape index (κ2) is 10.9. The molecule has 0 unspecified atom stereocenters. The largest absolute Gasteiger partial charge is 0.480 e. The fourth-order valence-corrected chi connectivity index (χ4v) is 3.67. The molecule has 0 atom stereocenters. The quantitative estimate of drug-likeness (QED) is 0.275. The summed E-state index contributed by atoms with van der Waals surface area (Å²) in [5.41, 5.74) is 7.21. The van der Waals surface area contributed by atoms with E-state index in [1.807, 2.05) is 24.3 Å². The minimum atomic E-state index is -0.664. The number of aliphatic hydroxyl groups is 1. The second-order valence-corrected chi connectivity index (χ2v) is 7.31. The number of hydroxylamine groups is 1. The summed E-state index contributed by atoms with van der Waals surface area (Å²) in [4.78, 5) is 21.1. The van der Waals surface area contributed by atoms with Crippen LogP contribution in [-0.2, 0) is 6.42 Å². The molecule has 0 saturated carbocycles. The van der Waals surface area contributed by atoms with E-state index in [1.165, 1.54) is 12.7 Å². The summed E-state index contributed by atoms with van der Waals surface area (Å²) in [6, 6.07) is 19.5. The highest BCUT2D eigenvalue weighted by Gasteiger charge is 2.18. The van der Waals surface area contributed by atoms with Gasteiger partial charge in [-0.3, -0.25) is 10.0 Å². The first-order chi connectivity index (χ1) is 15.6. The number of aryl methyl sites for hydroxylation is 1. The number of nitrogens with one attached hydrogen (secondary N) is 1. The van der Waals surface area contributed by atoms with Gasteiger partial charge in [0.15, 0.2) is 0 Å². The predicted octanol–water partition coefficient (Wildman–Crippen LogP) is 4.44. The zero-order valence-electron chi connectivity index (χ0n) is 18.0. The number of aromatic nitrogens is 2. The van der Waals surface area contributed by atoms with Crippen LogP contribution in [0.2, 0.25) is 0 Å². The third kappa shape index (κ3) is 5.12. The number of halogens is 1. The van der Waals surface area contributed by atoms with Crippen LogP contribution in [0.1, 0.15) is 22.3 Å². The van der Waals surface area contributed by atoms with E-state index in [1.54, 1.807) is 23.8 Å². The van der Waals surface area contributed by atoms with E-state index in [0.29, 0.717) is 16.6 Å². The molecule has 0 fully saturated rings. The normalized spacial score (nSPS) is 10.5. The maximum absolute atomic E-state index is 12.3. The molecule has 3 N–H and O–H groups in total. The van der Waals surface area contributed by atoms with Crippen molar-refractivity contribution in [3.8, 4) is 28.3 Å². The van der Waals surface area contributed by atoms with Crippen molar-refractivity contribution in [2.75, 3.05) is 13.7 Å². The summed E-state index contributed by atoms with van der Waals surface area (Å²) in [7, 11) is 1.47. The van der Waals surface area contributed by atoms with Gasteiger partial charge in [0, 0.05) is 18.4 Å². The fraction of sp³-hybridized carbons (Fsp3) is 0.160. The fourth-order valence-electron chi connectivity index (χ4n) is 3.67. The summed E-state index contributed by atoms with van der Waals surface area (Å²) in [6.07, 6.45) is 3.17. The third-order valence-corrected chi connectivity index (χ3v) is 5.32. The van der Waals surface area contributed by atoms with Gasteiger partial charge >= 0.3 is 0 Å². The lowest BCUT2D eigenvalue weighted by atomic mass is 9.99. The van der Waals surface area contributed by atoms with Gasteiger partial charge in [0.2, 0.25) is 5.88 Å². The molecule has 170 valence electrons. The maximum atomic E-state index is 12.3. The molecule has 0 aliphatic heterocycles. The molecule has 8 heteroatoms. The number of carbonyl (C=O) groups excluding carboxylic acids is 1. The van der Waals surface area contributed by atoms with Crippen LogP contribution in [0.4, 0.5) is 0 Å². The number of hydrogen-bond donors (Lipinski definition) is 3. The number of rotatable bonds is 7. The van der Waals surface area contributed by atoms with Gasteiger partial charge in [-0.05, 0) is 41.7 Å². The van der Waals surface area contributed by atoms with Crippen molar-refractivity contribution in [3.63, 3.8) is 0 Å². The minimum Gasteiger partial charge on any atom is -0.480 e. The summed E-state index contributed by atoms with van der Waals surface area (Å²) < 4.78 is 5.28. The van der Waals surface area contributed by atoms with E-state index < -0.39 is 5.91 Å². The van der Waals surface area contributed by atoms with E-state index in [4.69, 9.17) is 9.84 Å². The Morgan fingerprint density at radius 2 is 1.64 bits per heavy atom. The first kappa shape index (κ1) is 24.1. The van der Waals surface area contributed by atoms with Crippen LogP contribution in [0.25, 0.3) is 33.3 Å². The van der Waals surface area contributed by atoms with Crippen molar-refractivity contribution in [2.45, 2.75) is 12.8 Å². The van der Waals surface area contributed by atoms with Gasteiger partial charge in [-0.2, -0.15) is 0 Å². The number of nitrogens with zero attached hydrogens (tertiary/aromatic N) is 2. The molecule has 0 bridgehead atoms. The number of fused-ring (bicyclic) bond motifs is 1. The van der Waals surface area contributed by atoms with Crippen molar-refractivity contribution in [2.24, 2.45) is 0 Å². The number of ether oxygens (including phenoxy) is 1. The molecule has 0 aliphatic rings. The molecule has 1 amide bonds. The SMILES string of the molecule is COc1nccc2nc(-c3ccc(-c4ccc(CCCO)cc4)cc3)cc(C(=O)NO)c12.Cl. The van der Waals surface area contributed by atoms with Crippen LogP contribution in [0.15, 0.2) is 66.9 Å². The topological polar surface area (TPSA) is 105 Å². The van der Waals surface area contributed by atoms with E-state index in [2.05, 4.69) is 34.2 Å². The lowest BCUT2D eigenvalue weighted by Crippen LogP contribution is -2.19. The highest BCUT2D eigenvalue weighted by atomic mass is 35.5. The molecular weight excluding hydrogens is 442 g/mol. The minimum absolute atomic E-state index is 0. The Hall–Kier alpha value is -3.52. The predicted molar refractivity (Wildman–Crippen MR) is 129 cm³/mol. The van der Waals surface area contributed by atoms with Crippen LogP contribution in [-0.4, -0.2) is 39.9 Å². The molecular formula is C25H24ClN3O4. The zero-order valence-corrected chi connectivity index (χ0v) is 18.8. The Kier molecular flexibility index (Phi) is 7.95. The standard InChI is InChI=1S/C25H23N3O4.ClH/c1-32-25-23-20(24(30)28-31)15-22(27-21(23)12-13-26-25)19-10-8-18(9-11-19)17-6-4-16(5-7-17)3-2-14-29;/h4-13,15,29,31H,2-3,14H2,1H3,(H,28,30);1H. The molecule has 2 aromatic heterocycles. The molecule has 2 aromatic carbocycles. The number of methoxy groups -OCH3 is 1. The maximum Gasteiger partial charge on any atom is 0.275 e. The van der Waals surface area contributed by atoms with Crippen molar-refractivity contribution in [1.29, 1.82) is 0 Å². The average molecular weight is 466 g/mol. The van der Waals surface area contributed by atoms with Crippen LogP contribution < -0.4 is 10.2 Å². The Balaban J connectivity index is 0.00000306. The van der Waals surface area contributed by atoms with E-state index in [9.17, 15) is 10.0 Å². The number of hydrogen-bond acceptors (Lipinski definition) is 6. The number of aliphatic hydroxyl groups excluding tert-OH is 1. The molecule has 0 spiro atoms. The van der Waals surface area contributed by atoms with Crippen molar-refractivity contribution < 1.29 is 19.8 Å². The summed E-state index contributed by atoms with van der Waals surface area (Å²) >= 11 is 0. The highest BCUT2D eigenvalue weighted by Crippen LogP contribution is 2.31. The van der Waals surface area contributed by atoms with Crippen molar-refractivity contribution >= 4 is 29.2 Å². The van der Waals surface area contributed by atoms with Gasteiger partial charge in [-0.15, -0.1) is 12.4 Å². The zero-order chi connectivity index (χ0) is 22.5. The van der Waals surface area contributed by atoms with Gasteiger partial charge in [-0.1, -0.05) is 48.5 Å². The van der Waals surface area contributed by atoms with E-state index >= 15 is 0 Å². The highest BCUT2D eigenvalue weighted by molar-refractivity contribution is 6.08. The van der Waals surface area contributed by atoms with Crippen LogP contribution in [0, 0.1) is 0 Å². The molecule has 0 saturated heterocycles. The Bertz CT molecular complexity index is 1250. The molecule has 0 aliphatic carbocycles. The van der Waals surface area contributed by atoms with Gasteiger partial charge in [0.25, 0.3) is 5.91 Å². The van der Waals surface area contributed by atoms with Crippen LogP contribution in [0.5, 0.6) is 5.88 Å². The number of pyridine rings is 2. The van der Waals surface area contributed by atoms with Gasteiger partial charge in [0.1, 0.15) is 0 Å². The summed E-state index contributed by atoms with van der Waals surface area (Å²) in [6.45, 7) is 0.191. The van der Waals surface area contributed by atoms with E-state index in [-0.39, 0.29) is 30.5 Å². The number of benzene rings is 2. The summed E-state index contributed by atoms with van der Waals surface area (Å²) in [5.74, 6) is -0.402.